The molecular weight excluding hydrogens is 344 g/mol. The van der Waals surface area contributed by atoms with Crippen LogP contribution >= 0.6 is 22.2 Å². The number of hydrogen-bond donors (Lipinski definition) is 2. The van der Waals surface area contributed by atoms with Gasteiger partial charge >= 0.3 is 0 Å². The molecule has 0 aliphatic carbocycles. The fraction of sp³-hybridized carbons (Fsp3) is 0. The third-order valence-electron chi connectivity index (χ3n) is 4.64. The number of rotatable bonds is 2. The van der Waals surface area contributed by atoms with Crippen LogP contribution < -0.4 is 0 Å². The van der Waals surface area contributed by atoms with Crippen LogP contribution in [0.2, 0.25) is 0 Å². The summed E-state index contributed by atoms with van der Waals surface area (Å²) in [5.41, 5.74) is 1.30. The summed E-state index contributed by atoms with van der Waals surface area (Å²) in [4.78, 5) is 2.54. The standard InChI is InChI=1S/C22H16OS2/c23-20-12-6-14-25(20)22-17-9-3-1-7-15(17)21(19-11-5-13-24-19)16-8-2-4-10-18(16)22/h1-14,23,25H. The normalized spacial score (nSPS) is 18.1. The largest absolute Gasteiger partial charge is 0.503 e. The molecule has 5 rings (SSSR count). The lowest BCUT2D eigenvalue weighted by Crippen LogP contribution is -1.91. The van der Waals surface area contributed by atoms with Crippen LogP contribution in [0, 0.1) is 0 Å². The molecule has 0 radical (unpaired) electrons. The Morgan fingerprint density at radius 2 is 1.40 bits per heavy atom. The van der Waals surface area contributed by atoms with Crippen molar-refractivity contribution >= 4 is 43.8 Å². The Bertz CT molecular complexity index is 1100. The van der Waals surface area contributed by atoms with E-state index in [0.29, 0.717) is 5.09 Å². The molecule has 1 aromatic heterocycles. The van der Waals surface area contributed by atoms with Crippen molar-refractivity contribution in [2.45, 2.75) is 4.90 Å². The highest BCUT2D eigenvalue weighted by Gasteiger charge is 2.21. The molecule has 1 N–H and O–H groups in total. The maximum absolute atomic E-state index is 10.4. The van der Waals surface area contributed by atoms with Gasteiger partial charge in [0.25, 0.3) is 0 Å². The lowest BCUT2D eigenvalue weighted by Gasteiger charge is -2.22. The highest BCUT2D eigenvalue weighted by molar-refractivity contribution is 8.23. The Hall–Kier alpha value is -2.49. The zero-order valence-electron chi connectivity index (χ0n) is 13.4. The van der Waals surface area contributed by atoms with Gasteiger partial charge in [-0.1, -0.05) is 60.7 Å². The van der Waals surface area contributed by atoms with Gasteiger partial charge in [-0.25, -0.2) is 0 Å². The monoisotopic (exact) mass is 360 g/mol. The van der Waals surface area contributed by atoms with Crippen molar-refractivity contribution in [3.8, 4) is 10.4 Å². The zero-order valence-corrected chi connectivity index (χ0v) is 15.1. The molecule has 0 bridgehead atoms. The van der Waals surface area contributed by atoms with Crippen molar-refractivity contribution in [2.24, 2.45) is 0 Å². The molecule has 1 unspecified atom stereocenters. The summed E-state index contributed by atoms with van der Waals surface area (Å²) in [7, 11) is -0.831. The summed E-state index contributed by atoms with van der Waals surface area (Å²) < 4.78 is 0. The zero-order chi connectivity index (χ0) is 16.8. The van der Waals surface area contributed by atoms with Gasteiger partial charge in [0.05, 0.1) is 0 Å². The molecule has 0 saturated heterocycles. The van der Waals surface area contributed by atoms with E-state index in [4.69, 9.17) is 0 Å². The summed E-state index contributed by atoms with van der Waals surface area (Å²) in [5.74, 6) is 0. The van der Waals surface area contributed by atoms with Gasteiger partial charge in [0.1, 0.15) is 5.09 Å². The molecule has 1 atom stereocenters. The molecular formula is C22H16OS2. The first kappa shape index (κ1) is 14.8. The second kappa shape index (κ2) is 5.80. The fourth-order valence-corrected chi connectivity index (χ4v) is 6.36. The van der Waals surface area contributed by atoms with Crippen LogP contribution in [0.15, 0.2) is 93.6 Å². The average Bonchev–Trinajstić information content (AvgIpc) is 3.31. The van der Waals surface area contributed by atoms with Gasteiger partial charge < -0.3 is 5.11 Å². The summed E-state index contributed by atoms with van der Waals surface area (Å²) in [6.45, 7) is 0. The quantitative estimate of drug-likeness (QED) is 0.291. The number of hydrogen-bond acceptors (Lipinski definition) is 2. The first-order chi connectivity index (χ1) is 12.3. The van der Waals surface area contributed by atoms with E-state index in [1.165, 1.54) is 36.9 Å². The first-order valence-corrected chi connectivity index (χ1v) is 10.5. The molecule has 2 heterocycles. The van der Waals surface area contributed by atoms with Gasteiger partial charge in [-0.3, -0.25) is 0 Å². The van der Waals surface area contributed by atoms with E-state index in [1.54, 1.807) is 11.3 Å². The second-order valence-corrected chi connectivity index (χ2v) is 8.92. The summed E-state index contributed by atoms with van der Waals surface area (Å²) in [5, 5.41) is 20.2. The molecule has 3 aromatic carbocycles. The molecule has 25 heavy (non-hydrogen) atoms. The number of allylic oxidation sites excluding steroid dienone is 2. The van der Waals surface area contributed by atoms with Crippen LogP contribution in [0.1, 0.15) is 0 Å². The van der Waals surface area contributed by atoms with Crippen molar-refractivity contribution in [3.05, 3.63) is 88.7 Å². The smallest absolute Gasteiger partial charge is 0.137 e. The molecule has 122 valence electrons. The lowest BCUT2D eigenvalue weighted by molar-refractivity contribution is 0.456. The fourth-order valence-electron chi connectivity index (χ4n) is 3.61. The van der Waals surface area contributed by atoms with Crippen LogP contribution in [0.5, 0.6) is 0 Å². The maximum Gasteiger partial charge on any atom is 0.137 e. The summed E-state index contributed by atoms with van der Waals surface area (Å²) in [6.07, 6.45) is 3.79. The Morgan fingerprint density at radius 3 is 1.92 bits per heavy atom. The van der Waals surface area contributed by atoms with E-state index in [-0.39, 0.29) is 0 Å². The van der Waals surface area contributed by atoms with Crippen molar-refractivity contribution in [2.75, 3.05) is 0 Å². The minimum Gasteiger partial charge on any atom is -0.503 e. The van der Waals surface area contributed by atoms with Gasteiger partial charge in [-0.05, 0) is 44.5 Å². The van der Waals surface area contributed by atoms with Crippen molar-refractivity contribution in [1.82, 2.24) is 0 Å². The summed E-state index contributed by atoms with van der Waals surface area (Å²) in [6, 6.07) is 21.5. The average molecular weight is 361 g/mol. The molecule has 1 aliphatic heterocycles. The van der Waals surface area contributed by atoms with Crippen LogP contribution in [-0.4, -0.2) is 5.11 Å². The number of thiol groups is 1. The molecule has 4 aromatic rings. The van der Waals surface area contributed by atoms with Gasteiger partial charge in [-0.2, -0.15) is 0 Å². The van der Waals surface area contributed by atoms with Crippen molar-refractivity contribution in [1.29, 1.82) is 0 Å². The van der Waals surface area contributed by atoms with E-state index >= 15 is 0 Å². The number of thiophene rings is 1. The molecule has 1 aliphatic rings. The van der Waals surface area contributed by atoms with Crippen LogP contribution in [0.3, 0.4) is 0 Å². The van der Waals surface area contributed by atoms with Gasteiger partial charge in [0.2, 0.25) is 0 Å². The number of aliphatic hydroxyl groups excluding tert-OH is 1. The van der Waals surface area contributed by atoms with Crippen LogP contribution in [-0.2, 0) is 0 Å². The van der Waals surface area contributed by atoms with Crippen molar-refractivity contribution in [3.63, 3.8) is 0 Å². The Labute approximate surface area is 152 Å². The highest BCUT2D eigenvalue weighted by atomic mass is 32.2. The topological polar surface area (TPSA) is 20.2 Å². The molecule has 0 saturated carbocycles. The maximum atomic E-state index is 10.4. The van der Waals surface area contributed by atoms with E-state index in [9.17, 15) is 5.11 Å². The minimum absolute atomic E-state index is 0.481. The second-order valence-electron chi connectivity index (χ2n) is 6.03. The van der Waals surface area contributed by atoms with Crippen LogP contribution in [0.4, 0.5) is 0 Å². The van der Waals surface area contributed by atoms with Gasteiger partial charge in [0, 0.05) is 15.3 Å². The van der Waals surface area contributed by atoms with Gasteiger partial charge in [0.15, 0.2) is 0 Å². The van der Waals surface area contributed by atoms with Gasteiger partial charge in [-0.15, -0.1) is 22.2 Å². The number of benzene rings is 3. The predicted octanol–water partition coefficient (Wildman–Crippen LogP) is 7.01. The molecule has 0 fully saturated rings. The Kier molecular flexibility index (Phi) is 3.44. The number of aliphatic hydroxyl groups is 1. The minimum atomic E-state index is -0.831. The van der Waals surface area contributed by atoms with Crippen LogP contribution in [0.25, 0.3) is 32.0 Å². The number of fused-ring (bicyclic) bond motifs is 2. The summed E-state index contributed by atoms with van der Waals surface area (Å²) >= 11 is 1.77. The first-order valence-electron chi connectivity index (χ1n) is 8.18. The lowest BCUT2D eigenvalue weighted by atomic mass is 9.95. The van der Waals surface area contributed by atoms with E-state index < -0.39 is 10.9 Å². The predicted molar refractivity (Wildman–Crippen MR) is 112 cm³/mol. The van der Waals surface area contributed by atoms with E-state index in [1.807, 2.05) is 12.2 Å². The third kappa shape index (κ3) is 2.24. The Balaban J connectivity index is 2.00. The SMILES string of the molecule is OC1=CC=C[SH]1c1c2ccccc2c(-c2cccs2)c2ccccc12. The molecule has 3 heteroatoms. The van der Waals surface area contributed by atoms with Crippen molar-refractivity contribution < 1.29 is 5.11 Å². The Morgan fingerprint density at radius 1 is 0.760 bits per heavy atom. The molecule has 0 amide bonds. The highest BCUT2D eigenvalue weighted by Crippen LogP contribution is 2.54. The van der Waals surface area contributed by atoms with E-state index in [2.05, 4.69) is 71.5 Å². The molecule has 0 spiro atoms. The molecule has 1 nitrogen and oxygen atoms in total. The third-order valence-corrected chi connectivity index (χ3v) is 7.60. The van der Waals surface area contributed by atoms with E-state index in [0.717, 1.165) is 0 Å².